The third-order valence-corrected chi connectivity index (χ3v) is 3.41. The van der Waals surface area contributed by atoms with Crippen LogP contribution in [-0.2, 0) is 13.0 Å². The molecule has 0 amide bonds. The standard InChI is InChI=1S/C16H16N4O2S/c1-2-15-18-19-16(23)20(15)17-10-13-8-9-14(22-13)11-21-12-6-4-3-5-7-12/h3-10H,2,11H2,1H3,(H,19,23)/b17-10+. The van der Waals surface area contributed by atoms with Gasteiger partial charge in [-0.25, -0.2) is 0 Å². The Bertz CT molecular complexity index is 848. The van der Waals surface area contributed by atoms with Gasteiger partial charge in [-0.2, -0.15) is 14.9 Å². The van der Waals surface area contributed by atoms with E-state index in [1.807, 2.05) is 49.4 Å². The third-order valence-electron chi connectivity index (χ3n) is 3.14. The Hall–Kier alpha value is -2.67. The molecule has 3 aromatic rings. The van der Waals surface area contributed by atoms with Crippen molar-refractivity contribution in [2.24, 2.45) is 5.10 Å². The number of ether oxygens (including phenoxy) is 1. The van der Waals surface area contributed by atoms with Gasteiger partial charge in [0.1, 0.15) is 23.9 Å². The minimum Gasteiger partial charge on any atom is -0.486 e. The van der Waals surface area contributed by atoms with Gasteiger partial charge in [-0.05, 0) is 36.5 Å². The molecule has 0 fully saturated rings. The van der Waals surface area contributed by atoms with Gasteiger partial charge in [-0.15, -0.1) is 0 Å². The van der Waals surface area contributed by atoms with Gasteiger partial charge in [0.15, 0.2) is 5.82 Å². The summed E-state index contributed by atoms with van der Waals surface area (Å²) in [6, 6.07) is 13.3. The number of hydrogen-bond acceptors (Lipinski definition) is 5. The minimum atomic E-state index is 0.364. The molecule has 0 radical (unpaired) electrons. The Kier molecular flexibility index (Phi) is 4.68. The van der Waals surface area contributed by atoms with Gasteiger partial charge in [0.25, 0.3) is 0 Å². The van der Waals surface area contributed by atoms with Crippen molar-refractivity contribution in [3.8, 4) is 5.75 Å². The summed E-state index contributed by atoms with van der Waals surface area (Å²) in [5, 5.41) is 11.1. The first kappa shape index (κ1) is 15.2. The molecule has 6 nitrogen and oxygen atoms in total. The minimum absolute atomic E-state index is 0.364. The van der Waals surface area contributed by atoms with E-state index in [-0.39, 0.29) is 0 Å². The average molecular weight is 328 g/mol. The van der Waals surface area contributed by atoms with Gasteiger partial charge in [0, 0.05) is 6.42 Å². The van der Waals surface area contributed by atoms with Crippen LogP contribution < -0.4 is 4.74 Å². The van der Waals surface area contributed by atoms with Crippen LogP contribution in [0.25, 0.3) is 0 Å². The van der Waals surface area contributed by atoms with Crippen LogP contribution in [0.3, 0.4) is 0 Å². The smallest absolute Gasteiger partial charge is 0.216 e. The number of H-pyrrole nitrogens is 1. The first-order chi connectivity index (χ1) is 11.3. The van der Waals surface area contributed by atoms with Gasteiger partial charge in [-0.1, -0.05) is 25.1 Å². The molecule has 0 spiro atoms. The summed E-state index contributed by atoms with van der Waals surface area (Å²) in [7, 11) is 0. The number of aromatic amines is 1. The van der Waals surface area contributed by atoms with Crippen LogP contribution in [0.2, 0.25) is 0 Å². The first-order valence-corrected chi connectivity index (χ1v) is 7.64. The molecule has 0 aliphatic carbocycles. The van der Waals surface area contributed by atoms with Gasteiger partial charge in [0.05, 0.1) is 6.21 Å². The van der Waals surface area contributed by atoms with Crippen molar-refractivity contribution in [3.63, 3.8) is 0 Å². The maximum absolute atomic E-state index is 5.66. The number of benzene rings is 1. The number of nitrogens with one attached hydrogen (secondary N) is 1. The topological polar surface area (TPSA) is 68.3 Å². The molecule has 0 saturated heterocycles. The Balaban J connectivity index is 1.66. The number of aromatic nitrogens is 3. The van der Waals surface area contributed by atoms with E-state index in [4.69, 9.17) is 21.4 Å². The van der Waals surface area contributed by atoms with Crippen molar-refractivity contribution in [2.45, 2.75) is 20.0 Å². The average Bonchev–Trinajstić information content (AvgIpc) is 3.18. The molecule has 2 aromatic heterocycles. The quantitative estimate of drug-likeness (QED) is 0.555. The van der Waals surface area contributed by atoms with Gasteiger partial charge in [-0.3, -0.25) is 5.10 Å². The highest BCUT2D eigenvalue weighted by atomic mass is 32.1. The fourth-order valence-electron chi connectivity index (χ4n) is 2.00. The molecule has 0 bridgehead atoms. The summed E-state index contributed by atoms with van der Waals surface area (Å²) in [5.74, 6) is 2.92. The number of para-hydroxylation sites is 1. The van der Waals surface area contributed by atoms with Crippen LogP contribution >= 0.6 is 12.2 Å². The molecule has 23 heavy (non-hydrogen) atoms. The number of hydrogen-bond donors (Lipinski definition) is 1. The number of rotatable bonds is 6. The van der Waals surface area contributed by atoms with Crippen molar-refractivity contribution in [1.29, 1.82) is 0 Å². The fraction of sp³-hybridized carbons (Fsp3) is 0.188. The molecule has 7 heteroatoms. The Morgan fingerprint density at radius 1 is 1.30 bits per heavy atom. The van der Waals surface area contributed by atoms with Crippen molar-refractivity contribution in [3.05, 3.63) is 64.6 Å². The SMILES string of the molecule is CCc1n[nH]c(=S)n1/N=C/c1ccc(COc2ccccc2)o1. The largest absolute Gasteiger partial charge is 0.486 e. The molecule has 0 saturated carbocycles. The molecule has 0 unspecified atom stereocenters. The van der Waals surface area contributed by atoms with Crippen molar-refractivity contribution in [2.75, 3.05) is 0 Å². The molecule has 118 valence electrons. The van der Waals surface area contributed by atoms with Crippen LogP contribution in [-0.4, -0.2) is 21.1 Å². The van der Waals surface area contributed by atoms with E-state index in [1.54, 1.807) is 10.9 Å². The second-order valence-corrected chi connectivity index (χ2v) is 5.15. The van der Waals surface area contributed by atoms with Gasteiger partial charge < -0.3 is 9.15 Å². The second-order valence-electron chi connectivity index (χ2n) is 4.76. The van der Waals surface area contributed by atoms with Crippen LogP contribution in [0.1, 0.15) is 24.3 Å². The summed E-state index contributed by atoms with van der Waals surface area (Å²) >= 11 is 5.14. The molecule has 3 rings (SSSR count). The van der Waals surface area contributed by atoms with E-state index < -0.39 is 0 Å². The van der Waals surface area contributed by atoms with E-state index in [0.717, 1.165) is 23.8 Å². The Morgan fingerprint density at radius 2 is 2.13 bits per heavy atom. The molecular weight excluding hydrogens is 312 g/mol. The normalized spacial score (nSPS) is 11.2. The highest BCUT2D eigenvalue weighted by molar-refractivity contribution is 7.71. The summed E-state index contributed by atoms with van der Waals surface area (Å²) in [5.41, 5.74) is 0. The monoisotopic (exact) mass is 328 g/mol. The molecule has 2 heterocycles. The highest BCUT2D eigenvalue weighted by Crippen LogP contribution is 2.13. The molecule has 0 atom stereocenters. The number of furan rings is 1. The molecule has 1 N–H and O–H groups in total. The zero-order valence-corrected chi connectivity index (χ0v) is 13.4. The lowest BCUT2D eigenvalue weighted by Crippen LogP contribution is -1.97. The van der Waals surface area contributed by atoms with Crippen LogP contribution in [0, 0.1) is 4.77 Å². The lowest BCUT2D eigenvalue weighted by atomic mass is 10.3. The molecule has 0 aliphatic heterocycles. The van der Waals surface area contributed by atoms with Crippen molar-refractivity contribution in [1.82, 2.24) is 14.9 Å². The Morgan fingerprint density at radius 3 is 2.91 bits per heavy atom. The van der Waals surface area contributed by atoms with E-state index in [0.29, 0.717) is 17.1 Å². The predicted octanol–water partition coefficient (Wildman–Crippen LogP) is 3.56. The summed E-state index contributed by atoms with van der Waals surface area (Å²) in [6.45, 7) is 2.35. The van der Waals surface area contributed by atoms with Crippen molar-refractivity contribution < 1.29 is 9.15 Å². The number of nitrogens with zero attached hydrogens (tertiary/aromatic N) is 3. The third kappa shape index (κ3) is 3.75. The molecule has 0 aliphatic rings. The predicted molar refractivity (Wildman–Crippen MR) is 89.3 cm³/mol. The van der Waals surface area contributed by atoms with Crippen LogP contribution in [0.4, 0.5) is 0 Å². The highest BCUT2D eigenvalue weighted by Gasteiger charge is 2.04. The van der Waals surface area contributed by atoms with E-state index in [1.165, 1.54) is 0 Å². The zero-order chi connectivity index (χ0) is 16.1. The van der Waals surface area contributed by atoms with E-state index in [9.17, 15) is 0 Å². The first-order valence-electron chi connectivity index (χ1n) is 7.23. The van der Waals surface area contributed by atoms with Crippen molar-refractivity contribution >= 4 is 18.4 Å². The van der Waals surface area contributed by atoms with E-state index >= 15 is 0 Å². The zero-order valence-electron chi connectivity index (χ0n) is 12.6. The lowest BCUT2D eigenvalue weighted by Gasteiger charge is -2.02. The maximum atomic E-state index is 5.66. The van der Waals surface area contributed by atoms with Gasteiger partial charge in [0.2, 0.25) is 4.77 Å². The summed E-state index contributed by atoms with van der Waals surface area (Å²) < 4.78 is 13.3. The number of aryl methyl sites for hydroxylation is 1. The second kappa shape index (κ2) is 7.06. The summed E-state index contributed by atoms with van der Waals surface area (Å²) in [4.78, 5) is 0. The molecule has 1 aromatic carbocycles. The van der Waals surface area contributed by atoms with Crippen LogP contribution in [0.15, 0.2) is 52.0 Å². The summed E-state index contributed by atoms with van der Waals surface area (Å²) in [6.07, 6.45) is 2.34. The maximum Gasteiger partial charge on any atom is 0.216 e. The Labute approximate surface area is 138 Å². The molecular formula is C16H16N4O2S. The van der Waals surface area contributed by atoms with Crippen LogP contribution in [0.5, 0.6) is 5.75 Å². The lowest BCUT2D eigenvalue weighted by molar-refractivity contribution is 0.270. The van der Waals surface area contributed by atoms with Gasteiger partial charge >= 0.3 is 0 Å². The van der Waals surface area contributed by atoms with E-state index in [2.05, 4.69) is 15.3 Å². The fourth-order valence-corrected chi connectivity index (χ4v) is 2.20.